The van der Waals surface area contributed by atoms with Crippen LogP contribution < -0.4 is 10.0 Å². The molecule has 116 valence electrons. The standard InChI is InChI=1S/C14H20N2O2S3/c1-10-8-13(19-11(10)2)9-16-21(17,18)14-5-4-12(20-14)6-7-15-3/h4-5,8,15-16H,6-7,9H2,1-3H3. The van der Waals surface area contributed by atoms with Gasteiger partial charge in [0.25, 0.3) is 0 Å². The highest BCUT2D eigenvalue weighted by atomic mass is 32.2. The first-order chi connectivity index (χ1) is 9.92. The summed E-state index contributed by atoms with van der Waals surface area (Å²) in [6.07, 6.45) is 0.847. The highest BCUT2D eigenvalue weighted by Crippen LogP contribution is 2.24. The molecule has 2 N–H and O–H groups in total. The molecule has 0 aliphatic heterocycles. The smallest absolute Gasteiger partial charge is 0.250 e. The second-order valence-corrected chi connectivity index (χ2v) is 9.35. The van der Waals surface area contributed by atoms with Crippen LogP contribution in [0.5, 0.6) is 0 Å². The third-order valence-corrected chi connectivity index (χ3v) is 7.37. The Labute approximate surface area is 134 Å². The minimum atomic E-state index is -3.41. The molecule has 0 saturated carbocycles. The van der Waals surface area contributed by atoms with Gasteiger partial charge in [-0.05, 0) is 57.6 Å². The molecule has 0 aromatic carbocycles. The second kappa shape index (κ2) is 7.02. The molecule has 0 radical (unpaired) electrons. The molecular formula is C14H20N2O2S3. The van der Waals surface area contributed by atoms with Crippen LogP contribution in [-0.4, -0.2) is 22.0 Å². The number of thiophene rings is 2. The minimum absolute atomic E-state index is 0.353. The van der Waals surface area contributed by atoms with Crippen molar-refractivity contribution in [1.29, 1.82) is 0 Å². The maximum Gasteiger partial charge on any atom is 0.250 e. The van der Waals surface area contributed by atoms with E-state index in [0.717, 1.165) is 22.7 Å². The number of hydrogen-bond donors (Lipinski definition) is 2. The summed E-state index contributed by atoms with van der Waals surface area (Å²) in [4.78, 5) is 3.35. The van der Waals surface area contributed by atoms with Gasteiger partial charge in [0.05, 0.1) is 0 Å². The first kappa shape index (κ1) is 16.6. The largest absolute Gasteiger partial charge is 0.319 e. The van der Waals surface area contributed by atoms with Gasteiger partial charge in [-0.25, -0.2) is 13.1 Å². The Hall–Kier alpha value is -0.730. The fraction of sp³-hybridized carbons (Fsp3) is 0.429. The molecule has 0 bridgehead atoms. The summed E-state index contributed by atoms with van der Waals surface area (Å²) in [7, 11) is -1.52. The normalized spacial score (nSPS) is 12.0. The summed E-state index contributed by atoms with van der Waals surface area (Å²) in [5.74, 6) is 0. The molecule has 0 aliphatic rings. The van der Waals surface area contributed by atoms with E-state index < -0.39 is 10.0 Å². The summed E-state index contributed by atoms with van der Waals surface area (Å²) < 4.78 is 27.6. The van der Waals surface area contributed by atoms with Crippen molar-refractivity contribution < 1.29 is 8.42 Å². The van der Waals surface area contributed by atoms with Gasteiger partial charge in [-0.2, -0.15) is 0 Å². The molecule has 0 unspecified atom stereocenters. The lowest BCUT2D eigenvalue weighted by Gasteiger charge is -2.02. The van der Waals surface area contributed by atoms with Gasteiger partial charge in [0.1, 0.15) is 4.21 Å². The van der Waals surface area contributed by atoms with Crippen LogP contribution in [0.4, 0.5) is 0 Å². The van der Waals surface area contributed by atoms with Crippen molar-refractivity contribution in [3.63, 3.8) is 0 Å². The van der Waals surface area contributed by atoms with Crippen molar-refractivity contribution in [3.8, 4) is 0 Å². The van der Waals surface area contributed by atoms with Gasteiger partial charge in [0, 0.05) is 21.2 Å². The Kier molecular flexibility index (Phi) is 5.56. The van der Waals surface area contributed by atoms with Crippen LogP contribution in [0, 0.1) is 13.8 Å². The molecule has 0 saturated heterocycles. The Morgan fingerprint density at radius 2 is 1.90 bits per heavy atom. The third kappa shape index (κ3) is 4.37. The van der Waals surface area contributed by atoms with Crippen LogP contribution in [0.3, 0.4) is 0 Å². The van der Waals surface area contributed by atoms with Crippen molar-refractivity contribution in [2.45, 2.75) is 31.0 Å². The summed E-state index contributed by atoms with van der Waals surface area (Å²) in [5, 5.41) is 3.06. The zero-order valence-electron chi connectivity index (χ0n) is 12.4. The highest BCUT2D eigenvalue weighted by Gasteiger charge is 2.17. The SMILES string of the molecule is CNCCc1ccc(S(=O)(=O)NCc2cc(C)c(C)s2)s1. The summed E-state index contributed by atoms with van der Waals surface area (Å²) in [6.45, 7) is 5.29. The summed E-state index contributed by atoms with van der Waals surface area (Å²) in [5.41, 5.74) is 1.21. The molecule has 2 aromatic heterocycles. The van der Waals surface area contributed by atoms with Crippen LogP contribution in [0.1, 0.15) is 20.2 Å². The van der Waals surface area contributed by atoms with E-state index in [2.05, 4.69) is 10.0 Å². The van der Waals surface area contributed by atoms with Crippen LogP contribution >= 0.6 is 22.7 Å². The van der Waals surface area contributed by atoms with Crippen molar-refractivity contribution in [3.05, 3.63) is 38.4 Å². The first-order valence-electron chi connectivity index (χ1n) is 6.71. The van der Waals surface area contributed by atoms with Gasteiger partial charge in [-0.15, -0.1) is 22.7 Å². The molecule has 0 fully saturated rings. The molecule has 4 nitrogen and oxygen atoms in total. The predicted octanol–water partition coefficient (Wildman–Crippen LogP) is 2.67. The second-order valence-electron chi connectivity index (χ2n) is 4.85. The highest BCUT2D eigenvalue weighted by molar-refractivity contribution is 7.91. The van der Waals surface area contributed by atoms with E-state index in [0.29, 0.717) is 10.8 Å². The molecule has 2 aromatic rings. The van der Waals surface area contributed by atoms with Crippen molar-refractivity contribution in [1.82, 2.24) is 10.0 Å². The van der Waals surface area contributed by atoms with Crippen LogP contribution in [0.2, 0.25) is 0 Å². The van der Waals surface area contributed by atoms with Gasteiger partial charge in [-0.3, -0.25) is 0 Å². The Morgan fingerprint density at radius 3 is 2.52 bits per heavy atom. The average molecular weight is 345 g/mol. The topological polar surface area (TPSA) is 58.2 Å². The Balaban J connectivity index is 2.02. The van der Waals surface area contributed by atoms with E-state index in [9.17, 15) is 8.42 Å². The zero-order valence-corrected chi connectivity index (χ0v) is 14.8. The summed E-state index contributed by atoms with van der Waals surface area (Å²) >= 11 is 2.97. The number of hydrogen-bond acceptors (Lipinski definition) is 5. The molecule has 7 heteroatoms. The number of nitrogens with one attached hydrogen (secondary N) is 2. The minimum Gasteiger partial charge on any atom is -0.319 e. The Morgan fingerprint density at radius 1 is 1.14 bits per heavy atom. The molecule has 0 aliphatic carbocycles. The van der Waals surface area contributed by atoms with Crippen LogP contribution in [0.15, 0.2) is 22.4 Å². The first-order valence-corrected chi connectivity index (χ1v) is 9.83. The number of likely N-dealkylation sites (N-methyl/N-ethyl adjacent to an activating group) is 1. The summed E-state index contributed by atoms with van der Waals surface area (Å²) in [6, 6.07) is 5.61. The van der Waals surface area contributed by atoms with Gasteiger partial charge in [-0.1, -0.05) is 0 Å². The molecule has 21 heavy (non-hydrogen) atoms. The maximum absolute atomic E-state index is 12.3. The third-order valence-electron chi connectivity index (χ3n) is 3.18. The van der Waals surface area contributed by atoms with Gasteiger partial charge < -0.3 is 5.32 Å². The fourth-order valence-corrected chi connectivity index (χ4v) is 5.35. The van der Waals surface area contributed by atoms with E-state index in [1.807, 2.05) is 33.0 Å². The van der Waals surface area contributed by atoms with Gasteiger partial charge >= 0.3 is 0 Å². The lowest BCUT2D eigenvalue weighted by atomic mass is 10.3. The lowest BCUT2D eigenvalue weighted by molar-refractivity contribution is 0.584. The average Bonchev–Trinajstić information content (AvgIpc) is 3.03. The monoisotopic (exact) mass is 344 g/mol. The van der Waals surface area contributed by atoms with E-state index in [4.69, 9.17) is 0 Å². The number of aryl methyl sites for hydroxylation is 2. The van der Waals surface area contributed by atoms with Crippen molar-refractivity contribution in [2.24, 2.45) is 0 Å². The molecule has 0 amide bonds. The van der Waals surface area contributed by atoms with E-state index in [1.165, 1.54) is 21.8 Å². The van der Waals surface area contributed by atoms with E-state index in [1.54, 1.807) is 17.4 Å². The van der Waals surface area contributed by atoms with Crippen LogP contribution in [0.25, 0.3) is 0 Å². The number of rotatable bonds is 7. The molecular weight excluding hydrogens is 324 g/mol. The number of sulfonamides is 1. The van der Waals surface area contributed by atoms with Gasteiger partial charge in [0.15, 0.2) is 0 Å². The quantitative estimate of drug-likeness (QED) is 0.812. The molecule has 2 rings (SSSR count). The fourth-order valence-electron chi connectivity index (χ4n) is 1.86. The Bertz CT molecular complexity index is 682. The van der Waals surface area contributed by atoms with E-state index in [-0.39, 0.29) is 0 Å². The van der Waals surface area contributed by atoms with Crippen LogP contribution in [-0.2, 0) is 23.0 Å². The lowest BCUT2D eigenvalue weighted by Crippen LogP contribution is -2.21. The molecule has 0 spiro atoms. The van der Waals surface area contributed by atoms with Crippen molar-refractivity contribution >= 4 is 32.7 Å². The maximum atomic E-state index is 12.3. The molecule has 2 heterocycles. The molecule has 0 atom stereocenters. The zero-order chi connectivity index (χ0) is 15.5. The van der Waals surface area contributed by atoms with Gasteiger partial charge in [0.2, 0.25) is 10.0 Å². The van der Waals surface area contributed by atoms with Crippen molar-refractivity contribution in [2.75, 3.05) is 13.6 Å². The van der Waals surface area contributed by atoms with E-state index >= 15 is 0 Å². The predicted molar refractivity (Wildman–Crippen MR) is 89.8 cm³/mol.